The number of aromatic nitrogens is 1. The van der Waals surface area contributed by atoms with Crippen molar-refractivity contribution in [3.05, 3.63) is 63.5 Å². The van der Waals surface area contributed by atoms with Crippen molar-refractivity contribution < 1.29 is 4.79 Å². The van der Waals surface area contributed by atoms with Gasteiger partial charge in [-0.25, -0.2) is 4.79 Å². The maximum absolute atomic E-state index is 11.7. The third kappa shape index (κ3) is 5.37. The minimum absolute atomic E-state index is 0.0158. The van der Waals surface area contributed by atoms with Crippen LogP contribution in [-0.2, 0) is 6.54 Å². The van der Waals surface area contributed by atoms with Gasteiger partial charge in [0, 0.05) is 35.5 Å². The van der Waals surface area contributed by atoms with E-state index in [1.807, 2.05) is 30.3 Å². The Kier molecular flexibility index (Phi) is 6.21. The molecular formula is C16H18BrN3O2. The Hall–Kier alpha value is -2.08. The maximum atomic E-state index is 11.7. The second-order valence-corrected chi connectivity index (χ2v) is 5.75. The first-order chi connectivity index (χ1) is 10.6. The summed E-state index contributed by atoms with van der Waals surface area (Å²) in [7, 11) is 0. The van der Waals surface area contributed by atoms with Gasteiger partial charge < -0.3 is 15.2 Å². The highest BCUT2D eigenvalue weighted by atomic mass is 79.9. The first kappa shape index (κ1) is 16.3. The Morgan fingerprint density at radius 1 is 1.09 bits per heavy atom. The zero-order valence-electron chi connectivity index (χ0n) is 12.1. The molecule has 0 unspecified atom stereocenters. The summed E-state index contributed by atoms with van der Waals surface area (Å²) in [6, 6.07) is 12.3. The Morgan fingerprint density at radius 2 is 1.86 bits per heavy atom. The largest absolute Gasteiger partial charge is 0.338 e. The third-order valence-corrected chi connectivity index (χ3v) is 3.56. The average Bonchev–Trinajstić information content (AvgIpc) is 2.51. The number of pyridine rings is 1. The molecular weight excluding hydrogens is 346 g/mol. The number of benzene rings is 1. The molecule has 0 aliphatic heterocycles. The monoisotopic (exact) mass is 363 g/mol. The van der Waals surface area contributed by atoms with Crippen molar-refractivity contribution in [2.24, 2.45) is 0 Å². The summed E-state index contributed by atoms with van der Waals surface area (Å²) in [6.07, 6.45) is 3.40. The van der Waals surface area contributed by atoms with Gasteiger partial charge in [0.25, 0.3) is 5.56 Å². The summed E-state index contributed by atoms with van der Waals surface area (Å²) in [6.45, 7) is 1.21. The van der Waals surface area contributed by atoms with Gasteiger partial charge in [0.2, 0.25) is 0 Å². The SMILES string of the molecule is O=C(NCCCCn1cc(Br)ccc1=O)Nc1ccccc1. The van der Waals surface area contributed by atoms with Crippen LogP contribution in [0.1, 0.15) is 12.8 Å². The van der Waals surface area contributed by atoms with Crippen molar-refractivity contribution in [2.75, 3.05) is 11.9 Å². The lowest BCUT2D eigenvalue weighted by Gasteiger charge is -2.08. The number of rotatable bonds is 6. The van der Waals surface area contributed by atoms with Crippen molar-refractivity contribution in [1.29, 1.82) is 0 Å². The number of aryl methyl sites for hydroxylation is 1. The number of nitrogens with one attached hydrogen (secondary N) is 2. The van der Waals surface area contributed by atoms with Gasteiger partial charge in [-0.15, -0.1) is 0 Å². The second kappa shape index (κ2) is 8.38. The highest BCUT2D eigenvalue weighted by Gasteiger charge is 2.01. The van der Waals surface area contributed by atoms with Gasteiger partial charge in [0.1, 0.15) is 0 Å². The number of para-hydroxylation sites is 1. The summed E-state index contributed by atoms with van der Waals surface area (Å²) in [5.41, 5.74) is 0.749. The summed E-state index contributed by atoms with van der Waals surface area (Å²) < 4.78 is 2.54. The Labute approximate surface area is 137 Å². The highest BCUT2D eigenvalue weighted by molar-refractivity contribution is 9.10. The lowest BCUT2D eigenvalue weighted by atomic mass is 10.3. The van der Waals surface area contributed by atoms with Crippen LogP contribution in [0.25, 0.3) is 0 Å². The molecule has 0 radical (unpaired) electrons. The van der Waals surface area contributed by atoms with E-state index in [4.69, 9.17) is 0 Å². The van der Waals surface area contributed by atoms with Gasteiger partial charge in [-0.2, -0.15) is 0 Å². The molecule has 0 aliphatic carbocycles. The van der Waals surface area contributed by atoms with E-state index in [9.17, 15) is 9.59 Å². The molecule has 116 valence electrons. The van der Waals surface area contributed by atoms with Gasteiger partial charge in [0.05, 0.1) is 0 Å². The van der Waals surface area contributed by atoms with Crippen molar-refractivity contribution in [3.8, 4) is 0 Å². The number of unbranched alkanes of at least 4 members (excludes halogenated alkanes) is 1. The third-order valence-electron chi connectivity index (χ3n) is 3.09. The van der Waals surface area contributed by atoms with E-state index >= 15 is 0 Å². The Morgan fingerprint density at radius 3 is 2.64 bits per heavy atom. The van der Waals surface area contributed by atoms with Crippen molar-refractivity contribution in [1.82, 2.24) is 9.88 Å². The van der Waals surface area contributed by atoms with E-state index in [0.717, 1.165) is 23.0 Å². The first-order valence-corrected chi connectivity index (χ1v) is 7.90. The summed E-state index contributed by atoms with van der Waals surface area (Å²) in [5.74, 6) is 0. The van der Waals surface area contributed by atoms with Gasteiger partial charge >= 0.3 is 6.03 Å². The molecule has 1 aromatic heterocycles. The smallest absolute Gasteiger partial charge is 0.319 e. The summed E-state index contributed by atoms with van der Waals surface area (Å²) in [5, 5.41) is 5.55. The van der Waals surface area contributed by atoms with E-state index in [-0.39, 0.29) is 11.6 Å². The minimum atomic E-state index is -0.217. The molecule has 0 saturated carbocycles. The average molecular weight is 364 g/mol. The van der Waals surface area contributed by atoms with E-state index < -0.39 is 0 Å². The number of carbonyl (C=O) groups is 1. The van der Waals surface area contributed by atoms with Gasteiger partial charge in [-0.1, -0.05) is 18.2 Å². The molecule has 2 amide bonds. The molecule has 0 aliphatic rings. The van der Waals surface area contributed by atoms with Crippen LogP contribution in [0.4, 0.5) is 10.5 Å². The molecule has 0 fully saturated rings. The van der Waals surface area contributed by atoms with Crippen LogP contribution >= 0.6 is 15.9 Å². The van der Waals surface area contributed by atoms with E-state index in [2.05, 4.69) is 26.6 Å². The van der Waals surface area contributed by atoms with Crippen molar-refractivity contribution in [2.45, 2.75) is 19.4 Å². The quantitative estimate of drug-likeness (QED) is 0.774. The zero-order valence-corrected chi connectivity index (χ0v) is 13.7. The van der Waals surface area contributed by atoms with Crippen LogP contribution < -0.4 is 16.2 Å². The van der Waals surface area contributed by atoms with Gasteiger partial charge in [0.15, 0.2) is 0 Å². The second-order valence-electron chi connectivity index (χ2n) is 4.83. The van der Waals surface area contributed by atoms with Crippen LogP contribution in [0, 0.1) is 0 Å². The molecule has 0 saturated heterocycles. The fourth-order valence-electron chi connectivity index (χ4n) is 1.98. The molecule has 0 atom stereocenters. The predicted octanol–water partition coefficient (Wildman–Crippen LogP) is 3.21. The lowest BCUT2D eigenvalue weighted by Crippen LogP contribution is -2.29. The van der Waals surface area contributed by atoms with Crippen LogP contribution in [0.3, 0.4) is 0 Å². The Balaban J connectivity index is 1.66. The first-order valence-electron chi connectivity index (χ1n) is 7.11. The predicted molar refractivity (Wildman–Crippen MR) is 91.1 cm³/mol. The lowest BCUT2D eigenvalue weighted by molar-refractivity contribution is 0.252. The van der Waals surface area contributed by atoms with Crippen molar-refractivity contribution >= 4 is 27.6 Å². The Bertz CT molecular complexity index is 671. The molecule has 2 N–H and O–H groups in total. The molecule has 6 heteroatoms. The number of nitrogens with zero attached hydrogens (tertiary/aromatic N) is 1. The number of amides is 2. The molecule has 5 nitrogen and oxygen atoms in total. The zero-order chi connectivity index (χ0) is 15.8. The van der Waals surface area contributed by atoms with E-state index in [1.165, 1.54) is 6.07 Å². The van der Waals surface area contributed by atoms with Crippen LogP contribution in [-0.4, -0.2) is 17.1 Å². The van der Waals surface area contributed by atoms with Crippen molar-refractivity contribution in [3.63, 3.8) is 0 Å². The van der Waals surface area contributed by atoms with E-state index in [0.29, 0.717) is 13.1 Å². The number of hydrogen-bond acceptors (Lipinski definition) is 2. The molecule has 1 heterocycles. The number of urea groups is 1. The number of halogens is 1. The fraction of sp³-hybridized carbons (Fsp3) is 0.250. The van der Waals surface area contributed by atoms with Gasteiger partial charge in [-0.3, -0.25) is 4.79 Å². The molecule has 2 rings (SSSR count). The fourth-order valence-corrected chi connectivity index (χ4v) is 2.36. The molecule has 0 spiro atoms. The van der Waals surface area contributed by atoms with Crippen LogP contribution in [0.2, 0.25) is 0 Å². The summed E-state index contributed by atoms with van der Waals surface area (Å²) >= 11 is 3.34. The maximum Gasteiger partial charge on any atom is 0.319 e. The molecule has 0 bridgehead atoms. The molecule has 22 heavy (non-hydrogen) atoms. The number of hydrogen-bond donors (Lipinski definition) is 2. The van der Waals surface area contributed by atoms with E-state index in [1.54, 1.807) is 16.8 Å². The number of anilines is 1. The summed E-state index contributed by atoms with van der Waals surface area (Å²) in [4.78, 5) is 23.3. The normalized spacial score (nSPS) is 10.2. The number of carbonyl (C=O) groups excluding carboxylic acids is 1. The van der Waals surface area contributed by atoms with Crippen LogP contribution in [0.5, 0.6) is 0 Å². The topological polar surface area (TPSA) is 63.1 Å². The minimum Gasteiger partial charge on any atom is -0.338 e. The highest BCUT2D eigenvalue weighted by Crippen LogP contribution is 2.06. The standard InChI is InChI=1S/C16H18BrN3O2/c17-13-8-9-15(21)20(12-13)11-5-4-10-18-16(22)19-14-6-2-1-3-7-14/h1-3,6-9,12H,4-5,10-11H2,(H2,18,19,22). The van der Waals surface area contributed by atoms with Crippen LogP contribution in [0.15, 0.2) is 57.9 Å². The molecule has 2 aromatic rings. The van der Waals surface area contributed by atoms with Gasteiger partial charge in [-0.05, 0) is 47.0 Å². The molecule has 1 aromatic carbocycles.